The number of hydrogen-bond donors (Lipinski definition) is 2. The van der Waals surface area contributed by atoms with Crippen LogP contribution in [0.5, 0.6) is 0 Å². The third kappa shape index (κ3) is 2.40. The molecule has 0 aliphatic carbocycles. The highest BCUT2D eigenvalue weighted by atomic mass is 16.5. The van der Waals surface area contributed by atoms with Crippen molar-refractivity contribution in [3.8, 4) is 0 Å². The maximum Gasteiger partial charge on any atom is 0.216 e. The highest BCUT2D eigenvalue weighted by molar-refractivity contribution is 5.95. The molecule has 86 valence electrons. The summed E-state index contributed by atoms with van der Waals surface area (Å²) in [7, 11) is 0. The van der Waals surface area contributed by atoms with Crippen LogP contribution in [0.4, 0.5) is 0 Å². The van der Waals surface area contributed by atoms with E-state index in [-0.39, 0.29) is 12.6 Å². The molecule has 3 N–H and O–H groups in total. The second-order valence-electron chi connectivity index (χ2n) is 3.78. The van der Waals surface area contributed by atoms with Crippen LogP contribution in [0.1, 0.15) is 23.6 Å². The fourth-order valence-corrected chi connectivity index (χ4v) is 1.72. The van der Waals surface area contributed by atoms with E-state index in [1.807, 2.05) is 24.3 Å². The van der Waals surface area contributed by atoms with Crippen LogP contribution in [0.15, 0.2) is 29.3 Å². The van der Waals surface area contributed by atoms with Crippen molar-refractivity contribution in [2.24, 2.45) is 10.7 Å². The van der Waals surface area contributed by atoms with Crippen molar-refractivity contribution in [2.75, 3.05) is 19.8 Å². The summed E-state index contributed by atoms with van der Waals surface area (Å²) in [6.45, 7) is 1.48. The minimum absolute atomic E-state index is 0.100. The van der Waals surface area contributed by atoms with Crippen molar-refractivity contribution in [3.63, 3.8) is 0 Å². The number of nitrogens with two attached hydrogens (primary N) is 1. The molecule has 0 amide bonds. The number of benzene rings is 1. The lowest BCUT2D eigenvalue weighted by atomic mass is 10.0. The molecule has 0 radical (unpaired) electrons. The molecular weight excluding hydrogens is 204 g/mol. The molecule has 2 rings (SSSR count). The predicted molar refractivity (Wildman–Crippen MR) is 62.4 cm³/mol. The van der Waals surface area contributed by atoms with Gasteiger partial charge < -0.3 is 15.6 Å². The summed E-state index contributed by atoms with van der Waals surface area (Å²) in [6, 6.07) is 7.70. The molecule has 0 saturated carbocycles. The first-order valence-corrected chi connectivity index (χ1v) is 5.45. The Morgan fingerprint density at radius 3 is 3.06 bits per heavy atom. The highest BCUT2D eigenvalue weighted by Gasteiger charge is 2.12. The van der Waals surface area contributed by atoms with E-state index in [1.54, 1.807) is 0 Å². The molecule has 1 aromatic carbocycles. The van der Waals surface area contributed by atoms with E-state index < -0.39 is 0 Å². The Morgan fingerprint density at radius 1 is 1.50 bits per heavy atom. The number of aliphatic hydroxyl groups is 1. The second-order valence-corrected chi connectivity index (χ2v) is 3.78. The highest BCUT2D eigenvalue weighted by Crippen LogP contribution is 2.17. The molecule has 1 aliphatic rings. The van der Waals surface area contributed by atoms with E-state index in [0.717, 1.165) is 17.7 Å². The first kappa shape index (κ1) is 11.1. The van der Waals surface area contributed by atoms with Crippen LogP contribution in [0.2, 0.25) is 0 Å². The zero-order chi connectivity index (χ0) is 11.4. The average molecular weight is 220 g/mol. The standard InChI is InChI=1S/C12H16N2O2/c13-11(4-6-15)9-2-1-3-10(8-9)12-14-5-7-16-12/h1-3,8,11,15H,4-7,13H2. The first-order chi connectivity index (χ1) is 7.81. The number of nitrogens with zero attached hydrogens (tertiary/aromatic N) is 1. The normalized spacial score (nSPS) is 16.8. The summed E-state index contributed by atoms with van der Waals surface area (Å²) in [5.74, 6) is 0.693. The number of aliphatic hydroxyl groups excluding tert-OH is 1. The lowest BCUT2D eigenvalue weighted by molar-refractivity contribution is 0.276. The molecule has 16 heavy (non-hydrogen) atoms. The van der Waals surface area contributed by atoms with Gasteiger partial charge in [-0.05, 0) is 24.1 Å². The summed E-state index contributed by atoms with van der Waals surface area (Å²) in [5, 5.41) is 8.85. The minimum Gasteiger partial charge on any atom is -0.476 e. The Labute approximate surface area is 94.8 Å². The molecule has 1 heterocycles. The van der Waals surface area contributed by atoms with E-state index >= 15 is 0 Å². The summed E-state index contributed by atoms with van der Waals surface area (Å²) < 4.78 is 5.39. The molecule has 0 aromatic heterocycles. The third-order valence-electron chi connectivity index (χ3n) is 2.59. The van der Waals surface area contributed by atoms with Crippen molar-refractivity contribution in [1.29, 1.82) is 0 Å². The van der Waals surface area contributed by atoms with Gasteiger partial charge in [0.25, 0.3) is 0 Å². The zero-order valence-electron chi connectivity index (χ0n) is 9.10. The summed E-state index contributed by atoms with van der Waals surface area (Å²) in [4.78, 5) is 4.26. The third-order valence-corrected chi connectivity index (χ3v) is 2.59. The molecule has 4 nitrogen and oxygen atoms in total. The topological polar surface area (TPSA) is 67.8 Å². The van der Waals surface area contributed by atoms with Crippen molar-refractivity contribution in [2.45, 2.75) is 12.5 Å². The molecule has 0 fully saturated rings. The lowest BCUT2D eigenvalue weighted by Crippen LogP contribution is -2.13. The Hall–Kier alpha value is -1.39. The second kappa shape index (κ2) is 5.09. The Balaban J connectivity index is 2.19. The van der Waals surface area contributed by atoms with E-state index in [0.29, 0.717) is 18.9 Å². The minimum atomic E-state index is -0.132. The average Bonchev–Trinajstić information content (AvgIpc) is 2.83. The largest absolute Gasteiger partial charge is 0.476 e. The van der Waals surface area contributed by atoms with Crippen LogP contribution in [-0.4, -0.2) is 30.8 Å². The lowest BCUT2D eigenvalue weighted by Gasteiger charge is -2.11. The van der Waals surface area contributed by atoms with Gasteiger partial charge in [0.1, 0.15) is 6.61 Å². The maximum atomic E-state index is 8.85. The van der Waals surface area contributed by atoms with E-state index in [1.165, 1.54) is 0 Å². The smallest absolute Gasteiger partial charge is 0.216 e. The summed E-state index contributed by atoms with van der Waals surface area (Å²) in [6.07, 6.45) is 0.566. The fraction of sp³-hybridized carbons (Fsp3) is 0.417. The van der Waals surface area contributed by atoms with Crippen molar-refractivity contribution < 1.29 is 9.84 Å². The van der Waals surface area contributed by atoms with Crippen molar-refractivity contribution >= 4 is 5.90 Å². The monoisotopic (exact) mass is 220 g/mol. The van der Waals surface area contributed by atoms with Gasteiger partial charge in [-0.1, -0.05) is 12.1 Å². The maximum absolute atomic E-state index is 8.85. The number of aliphatic imine (C=N–C) groups is 1. The van der Waals surface area contributed by atoms with E-state index in [4.69, 9.17) is 15.6 Å². The van der Waals surface area contributed by atoms with Crippen LogP contribution in [0, 0.1) is 0 Å². The number of rotatable bonds is 4. The zero-order valence-corrected chi connectivity index (χ0v) is 9.10. The number of ether oxygens (including phenoxy) is 1. The van der Waals surface area contributed by atoms with E-state index in [2.05, 4.69) is 4.99 Å². The van der Waals surface area contributed by atoms with Gasteiger partial charge in [0.05, 0.1) is 6.54 Å². The molecule has 1 atom stereocenters. The molecule has 0 saturated heterocycles. The van der Waals surface area contributed by atoms with Gasteiger partial charge in [-0.3, -0.25) is 0 Å². The molecular formula is C12H16N2O2. The Bertz CT molecular complexity index is 390. The van der Waals surface area contributed by atoms with Crippen LogP contribution in [0.25, 0.3) is 0 Å². The predicted octanol–water partition coefficient (Wildman–Crippen LogP) is 0.846. The van der Waals surface area contributed by atoms with Gasteiger partial charge in [-0.2, -0.15) is 0 Å². The van der Waals surface area contributed by atoms with Crippen molar-refractivity contribution in [1.82, 2.24) is 0 Å². The van der Waals surface area contributed by atoms with Crippen LogP contribution in [-0.2, 0) is 4.74 Å². The van der Waals surface area contributed by atoms with Crippen LogP contribution in [0.3, 0.4) is 0 Å². The number of hydrogen-bond acceptors (Lipinski definition) is 4. The first-order valence-electron chi connectivity index (χ1n) is 5.45. The Morgan fingerprint density at radius 2 is 2.38 bits per heavy atom. The van der Waals surface area contributed by atoms with Gasteiger partial charge in [0, 0.05) is 18.2 Å². The van der Waals surface area contributed by atoms with Crippen molar-refractivity contribution in [3.05, 3.63) is 35.4 Å². The van der Waals surface area contributed by atoms with Crippen LogP contribution >= 0.6 is 0 Å². The quantitative estimate of drug-likeness (QED) is 0.790. The fourth-order valence-electron chi connectivity index (χ4n) is 1.72. The van der Waals surface area contributed by atoms with Gasteiger partial charge in [-0.15, -0.1) is 0 Å². The SMILES string of the molecule is NC(CCO)c1cccc(C2=NCCO2)c1. The van der Waals surface area contributed by atoms with Gasteiger partial charge in [-0.25, -0.2) is 4.99 Å². The van der Waals surface area contributed by atoms with E-state index in [9.17, 15) is 0 Å². The summed E-state index contributed by atoms with van der Waals surface area (Å²) in [5.41, 5.74) is 7.90. The molecule has 1 unspecified atom stereocenters. The molecule has 0 bridgehead atoms. The molecule has 4 heteroatoms. The van der Waals surface area contributed by atoms with Gasteiger partial charge in [0.2, 0.25) is 5.90 Å². The molecule has 1 aromatic rings. The van der Waals surface area contributed by atoms with Crippen LogP contribution < -0.4 is 5.73 Å². The molecule has 0 spiro atoms. The van der Waals surface area contributed by atoms with Gasteiger partial charge in [0.15, 0.2) is 0 Å². The molecule has 1 aliphatic heterocycles. The van der Waals surface area contributed by atoms with Gasteiger partial charge >= 0.3 is 0 Å². The Kier molecular flexibility index (Phi) is 3.54. The summed E-state index contributed by atoms with van der Waals surface area (Å²) >= 11 is 0.